The van der Waals surface area contributed by atoms with Gasteiger partial charge >= 0.3 is 0 Å². The van der Waals surface area contributed by atoms with Gasteiger partial charge in [-0.2, -0.15) is 0 Å². The van der Waals surface area contributed by atoms with Crippen LogP contribution >= 0.6 is 15.9 Å². The SMILES string of the molecule is COC1(OC)C=CC([C@@](O)(c2ccccc2)c2ccc(Br)cc2)=CC1. The minimum absolute atomic E-state index is 0.525. The predicted octanol–water partition coefficient (Wildman–Crippen LogP) is 4.56. The number of ether oxygens (including phenoxy) is 2. The molecule has 0 saturated heterocycles. The third-order valence-corrected chi connectivity index (χ3v) is 5.21. The maximum atomic E-state index is 11.8. The van der Waals surface area contributed by atoms with Crippen LogP contribution in [0.2, 0.25) is 0 Å². The summed E-state index contributed by atoms with van der Waals surface area (Å²) in [6, 6.07) is 17.4. The van der Waals surface area contributed by atoms with Crippen molar-refractivity contribution < 1.29 is 14.6 Å². The first-order chi connectivity index (χ1) is 12.0. The zero-order valence-electron chi connectivity index (χ0n) is 14.3. The van der Waals surface area contributed by atoms with Gasteiger partial charge in [0, 0.05) is 25.1 Å². The third kappa shape index (κ3) is 3.35. The lowest BCUT2D eigenvalue weighted by molar-refractivity contribution is -0.168. The maximum Gasteiger partial charge on any atom is 0.190 e. The van der Waals surface area contributed by atoms with E-state index in [2.05, 4.69) is 15.9 Å². The van der Waals surface area contributed by atoms with Gasteiger partial charge < -0.3 is 14.6 Å². The van der Waals surface area contributed by atoms with Crippen LogP contribution in [0, 0.1) is 0 Å². The van der Waals surface area contributed by atoms with Crippen LogP contribution in [0.4, 0.5) is 0 Å². The second kappa shape index (κ2) is 7.26. The number of aliphatic hydroxyl groups is 1. The molecule has 0 radical (unpaired) electrons. The van der Waals surface area contributed by atoms with E-state index < -0.39 is 11.4 Å². The van der Waals surface area contributed by atoms with Crippen molar-refractivity contribution in [2.75, 3.05) is 14.2 Å². The fourth-order valence-corrected chi connectivity index (χ4v) is 3.39. The van der Waals surface area contributed by atoms with Crippen molar-refractivity contribution >= 4 is 15.9 Å². The van der Waals surface area contributed by atoms with Crippen molar-refractivity contribution in [1.82, 2.24) is 0 Å². The van der Waals surface area contributed by atoms with Gasteiger partial charge in [-0.15, -0.1) is 0 Å². The van der Waals surface area contributed by atoms with E-state index in [1.54, 1.807) is 14.2 Å². The highest BCUT2D eigenvalue weighted by atomic mass is 79.9. The van der Waals surface area contributed by atoms with Gasteiger partial charge in [0.15, 0.2) is 5.79 Å². The summed E-state index contributed by atoms with van der Waals surface area (Å²) in [5.74, 6) is -0.777. The van der Waals surface area contributed by atoms with Crippen LogP contribution < -0.4 is 0 Å². The summed E-state index contributed by atoms with van der Waals surface area (Å²) in [4.78, 5) is 0. The molecule has 0 heterocycles. The molecule has 1 N–H and O–H groups in total. The van der Waals surface area contributed by atoms with E-state index in [9.17, 15) is 5.11 Å². The van der Waals surface area contributed by atoms with Crippen LogP contribution in [0.3, 0.4) is 0 Å². The molecule has 1 atom stereocenters. The summed E-state index contributed by atoms with van der Waals surface area (Å²) >= 11 is 3.45. The summed E-state index contributed by atoms with van der Waals surface area (Å²) in [6.07, 6.45) is 6.24. The van der Waals surface area contributed by atoms with Gasteiger partial charge in [0.05, 0.1) is 0 Å². The summed E-state index contributed by atoms with van der Waals surface area (Å²) in [6.45, 7) is 0. The van der Waals surface area contributed by atoms with E-state index in [-0.39, 0.29) is 0 Å². The summed E-state index contributed by atoms with van der Waals surface area (Å²) < 4.78 is 11.9. The normalized spacial score (nSPS) is 18.5. The Morgan fingerprint density at radius 3 is 2.08 bits per heavy atom. The van der Waals surface area contributed by atoms with Crippen molar-refractivity contribution in [3.63, 3.8) is 0 Å². The molecule has 0 spiro atoms. The molecule has 0 fully saturated rings. The fraction of sp³-hybridized carbons (Fsp3) is 0.238. The van der Waals surface area contributed by atoms with E-state index in [0.717, 1.165) is 21.2 Å². The smallest absolute Gasteiger partial charge is 0.190 e. The molecule has 0 aromatic heterocycles. The van der Waals surface area contributed by atoms with Crippen molar-refractivity contribution in [2.45, 2.75) is 17.8 Å². The van der Waals surface area contributed by atoms with Crippen LogP contribution in [0.15, 0.2) is 82.9 Å². The number of halogens is 1. The molecule has 130 valence electrons. The molecule has 25 heavy (non-hydrogen) atoms. The Kier molecular flexibility index (Phi) is 5.25. The number of hydrogen-bond acceptors (Lipinski definition) is 3. The van der Waals surface area contributed by atoms with Crippen LogP contribution in [0.5, 0.6) is 0 Å². The predicted molar refractivity (Wildman–Crippen MR) is 102 cm³/mol. The van der Waals surface area contributed by atoms with E-state index >= 15 is 0 Å². The molecular formula is C21H21BrO3. The van der Waals surface area contributed by atoms with Gasteiger partial charge in [0.1, 0.15) is 5.60 Å². The summed E-state index contributed by atoms with van der Waals surface area (Å²) in [7, 11) is 3.23. The number of benzene rings is 2. The first-order valence-electron chi connectivity index (χ1n) is 8.08. The monoisotopic (exact) mass is 400 g/mol. The van der Waals surface area contributed by atoms with Crippen LogP contribution in [0.1, 0.15) is 17.5 Å². The minimum atomic E-state index is -1.24. The number of rotatable bonds is 5. The molecule has 0 saturated carbocycles. The second-order valence-electron chi connectivity index (χ2n) is 6.00. The first kappa shape index (κ1) is 18.1. The third-order valence-electron chi connectivity index (χ3n) is 4.69. The van der Waals surface area contributed by atoms with E-state index in [1.165, 1.54) is 0 Å². The molecule has 0 aliphatic heterocycles. The molecule has 2 aromatic rings. The fourth-order valence-electron chi connectivity index (χ4n) is 3.13. The molecule has 4 heteroatoms. The minimum Gasteiger partial charge on any atom is -0.376 e. The van der Waals surface area contributed by atoms with E-state index in [4.69, 9.17) is 9.47 Å². The van der Waals surface area contributed by atoms with Gasteiger partial charge in [-0.1, -0.05) is 70.5 Å². The average molecular weight is 401 g/mol. The topological polar surface area (TPSA) is 38.7 Å². The molecule has 1 aliphatic rings. The molecule has 0 amide bonds. The second-order valence-corrected chi connectivity index (χ2v) is 6.92. The zero-order chi connectivity index (χ0) is 17.9. The standard InChI is InChI=1S/C21H21BrO3/c1-24-20(25-2)14-12-18(13-15-20)21(23,16-6-4-3-5-7-16)17-8-10-19(22)11-9-17/h3-14,23H,15H2,1-2H3/t21-/m1/s1. The largest absolute Gasteiger partial charge is 0.376 e. The van der Waals surface area contributed by atoms with Gasteiger partial charge in [-0.05, 0) is 34.9 Å². The Hall–Kier alpha value is -1.72. The van der Waals surface area contributed by atoms with Gasteiger partial charge in [-0.25, -0.2) is 0 Å². The Morgan fingerprint density at radius 2 is 1.56 bits per heavy atom. The highest BCUT2D eigenvalue weighted by molar-refractivity contribution is 9.10. The maximum absolute atomic E-state index is 11.8. The lowest BCUT2D eigenvalue weighted by Crippen LogP contribution is -2.36. The van der Waals surface area contributed by atoms with Crippen molar-refractivity contribution in [3.05, 3.63) is 94.0 Å². The Bertz CT molecular complexity index is 777. The van der Waals surface area contributed by atoms with Crippen LogP contribution in [-0.4, -0.2) is 25.1 Å². The van der Waals surface area contributed by atoms with Crippen LogP contribution in [0.25, 0.3) is 0 Å². The molecule has 1 aliphatic carbocycles. The quantitative estimate of drug-likeness (QED) is 0.747. The molecule has 2 aromatic carbocycles. The lowest BCUT2D eigenvalue weighted by atomic mass is 9.77. The molecule has 3 nitrogen and oxygen atoms in total. The van der Waals surface area contributed by atoms with Crippen molar-refractivity contribution in [2.24, 2.45) is 0 Å². The van der Waals surface area contributed by atoms with Crippen molar-refractivity contribution in [1.29, 1.82) is 0 Å². The van der Waals surface area contributed by atoms with Gasteiger partial charge in [0.25, 0.3) is 0 Å². The summed E-state index contributed by atoms with van der Waals surface area (Å²) in [5, 5.41) is 11.8. The lowest BCUT2D eigenvalue weighted by Gasteiger charge is -2.35. The first-order valence-corrected chi connectivity index (χ1v) is 8.87. The Morgan fingerprint density at radius 1 is 0.960 bits per heavy atom. The molecule has 0 unspecified atom stereocenters. The van der Waals surface area contributed by atoms with Gasteiger partial charge in [0.2, 0.25) is 0 Å². The molecule has 3 rings (SSSR count). The number of hydrogen-bond donors (Lipinski definition) is 1. The number of methoxy groups -OCH3 is 2. The highest BCUT2D eigenvalue weighted by Gasteiger charge is 2.38. The Balaban J connectivity index is 2.09. The van der Waals surface area contributed by atoms with E-state index in [1.807, 2.05) is 72.8 Å². The van der Waals surface area contributed by atoms with Crippen LogP contribution in [-0.2, 0) is 15.1 Å². The molecule has 0 bridgehead atoms. The Labute approximate surface area is 156 Å². The zero-order valence-corrected chi connectivity index (χ0v) is 15.9. The summed E-state index contributed by atoms with van der Waals surface area (Å²) in [5.41, 5.74) is 1.17. The van der Waals surface area contributed by atoms with Crippen molar-refractivity contribution in [3.8, 4) is 0 Å². The van der Waals surface area contributed by atoms with E-state index in [0.29, 0.717) is 6.42 Å². The average Bonchev–Trinajstić information content (AvgIpc) is 2.68. The highest BCUT2D eigenvalue weighted by Crippen LogP contribution is 2.40. The molecular weight excluding hydrogens is 380 g/mol. The van der Waals surface area contributed by atoms with Gasteiger partial charge in [-0.3, -0.25) is 0 Å².